The van der Waals surface area contributed by atoms with Crippen molar-refractivity contribution < 1.29 is 0 Å². The molecule has 1 fully saturated rings. The van der Waals surface area contributed by atoms with Gasteiger partial charge in [0.05, 0.1) is 0 Å². The average Bonchev–Trinajstić information content (AvgIpc) is 3.10. The van der Waals surface area contributed by atoms with Crippen LogP contribution in [0.15, 0.2) is 12.1 Å². The van der Waals surface area contributed by atoms with Crippen LogP contribution in [0, 0.1) is 0 Å². The normalized spacial score (nSPS) is 20.2. The van der Waals surface area contributed by atoms with E-state index in [1.807, 2.05) is 0 Å². The first-order chi connectivity index (χ1) is 8.05. The van der Waals surface area contributed by atoms with Gasteiger partial charge in [0.2, 0.25) is 0 Å². The molecule has 92 valence electrons. The van der Waals surface area contributed by atoms with Crippen LogP contribution in [0.4, 0.5) is 0 Å². The quantitative estimate of drug-likeness (QED) is 0.777. The molecule has 1 N–H and O–H groups in total. The van der Waals surface area contributed by atoms with Crippen molar-refractivity contribution in [3.05, 3.63) is 34.4 Å². The molecule has 1 aromatic carbocycles. The molecule has 1 heterocycles. The lowest BCUT2D eigenvalue weighted by atomic mass is 9.81. The number of fused-ring (bicyclic) bond motifs is 1. The van der Waals surface area contributed by atoms with Gasteiger partial charge in [0.25, 0.3) is 0 Å². The summed E-state index contributed by atoms with van der Waals surface area (Å²) in [5.74, 6) is 0.879. The lowest BCUT2D eigenvalue weighted by molar-refractivity contribution is 0.580. The predicted octanol–water partition coefficient (Wildman–Crippen LogP) is 3.51. The molecule has 0 unspecified atom stereocenters. The lowest BCUT2D eigenvalue weighted by Gasteiger charge is -2.26. The highest BCUT2D eigenvalue weighted by Crippen LogP contribution is 2.44. The van der Waals surface area contributed by atoms with E-state index in [4.69, 9.17) is 0 Å². The Morgan fingerprint density at radius 2 is 1.94 bits per heavy atom. The molecule has 0 spiro atoms. The summed E-state index contributed by atoms with van der Waals surface area (Å²) >= 11 is 0. The molecular formula is C16H23N. The van der Waals surface area contributed by atoms with E-state index in [0.717, 1.165) is 19.0 Å². The second-order valence-corrected chi connectivity index (χ2v) is 6.65. The molecule has 1 saturated carbocycles. The van der Waals surface area contributed by atoms with Crippen LogP contribution in [0.25, 0.3) is 0 Å². The Kier molecular flexibility index (Phi) is 2.55. The molecule has 1 heteroatoms. The van der Waals surface area contributed by atoms with E-state index in [2.05, 4.69) is 38.2 Å². The Labute approximate surface area is 105 Å². The summed E-state index contributed by atoms with van der Waals surface area (Å²) in [4.78, 5) is 0. The van der Waals surface area contributed by atoms with Crippen molar-refractivity contribution in [3.8, 4) is 0 Å². The van der Waals surface area contributed by atoms with Gasteiger partial charge in [-0.2, -0.15) is 0 Å². The number of hydrogen-bond donors (Lipinski definition) is 1. The van der Waals surface area contributed by atoms with E-state index >= 15 is 0 Å². The van der Waals surface area contributed by atoms with E-state index in [1.54, 1.807) is 16.7 Å². The zero-order valence-electron chi connectivity index (χ0n) is 11.3. The van der Waals surface area contributed by atoms with Crippen LogP contribution in [0.2, 0.25) is 0 Å². The summed E-state index contributed by atoms with van der Waals surface area (Å²) in [5.41, 5.74) is 6.69. The molecule has 17 heavy (non-hydrogen) atoms. The van der Waals surface area contributed by atoms with Crippen molar-refractivity contribution >= 4 is 0 Å². The largest absolute Gasteiger partial charge is 0.312 e. The summed E-state index contributed by atoms with van der Waals surface area (Å²) in [6.07, 6.45) is 4.05. The molecule has 1 nitrogen and oxygen atoms in total. The maximum Gasteiger partial charge on any atom is 0.0208 e. The SMILES string of the molecule is CC(C)(C)c1cc2c(c(C3CC3)c1)CCNC2. The zero-order valence-corrected chi connectivity index (χ0v) is 11.3. The van der Waals surface area contributed by atoms with Crippen LogP contribution in [0.1, 0.15) is 61.8 Å². The predicted molar refractivity (Wildman–Crippen MR) is 72.5 cm³/mol. The Morgan fingerprint density at radius 3 is 2.59 bits per heavy atom. The monoisotopic (exact) mass is 229 g/mol. The number of nitrogens with one attached hydrogen (secondary N) is 1. The Bertz CT molecular complexity index is 436. The minimum atomic E-state index is 0.274. The zero-order chi connectivity index (χ0) is 12.0. The Morgan fingerprint density at radius 1 is 1.18 bits per heavy atom. The van der Waals surface area contributed by atoms with Gasteiger partial charge < -0.3 is 5.32 Å². The van der Waals surface area contributed by atoms with E-state index in [0.29, 0.717) is 0 Å². The maximum absolute atomic E-state index is 3.51. The highest BCUT2D eigenvalue weighted by molar-refractivity contribution is 5.46. The first-order valence-corrected chi connectivity index (χ1v) is 6.92. The molecule has 0 atom stereocenters. The maximum atomic E-state index is 3.51. The number of hydrogen-bond acceptors (Lipinski definition) is 1. The third-order valence-corrected chi connectivity index (χ3v) is 4.13. The number of rotatable bonds is 1. The first-order valence-electron chi connectivity index (χ1n) is 6.92. The van der Waals surface area contributed by atoms with Crippen molar-refractivity contribution in [1.82, 2.24) is 5.32 Å². The third-order valence-electron chi connectivity index (χ3n) is 4.13. The highest BCUT2D eigenvalue weighted by atomic mass is 14.9. The fraction of sp³-hybridized carbons (Fsp3) is 0.625. The fourth-order valence-corrected chi connectivity index (χ4v) is 2.85. The average molecular weight is 229 g/mol. The van der Waals surface area contributed by atoms with Gasteiger partial charge in [0, 0.05) is 6.54 Å². The minimum absolute atomic E-state index is 0.274. The molecular weight excluding hydrogens is 206 g/mol. The van der Waals surface area contributed by atoms with Gasteiger partial charge in [0.15, 0.2) is 0 Å². The van der Waals surface area contributed by atoms with Gasteiger partial charge in [-0.25, -0.2) is 0 Å². The summed E-state index contributed by atoms with van der Waals surface area (Å²) < 4.78 is 0. The van der Waals surface area contributed by atoms with E-state index < -0.39 is 0 Å². The highest BCUT2D eigenvalue weighted by Gasteiger charge is 2.29. The molecule has 1 aliphatic heterocycles. The molecule has 0 radical (unpaired) electrons. The molecule has 0 aromatic heterocycles. The van der Waals surface area contributed by atoms with Gasteiger partial charge in [-0.05, 0) is 59.4 Å². The van der Waals surface area contributed by atoms with E-state index in [-0.39, 0.29) is 5.41 Å². The van der Waals surface area contributed by atoms with Gasteiger partial charge >= 0.3 is 0 Å². The van der Waals surface area contributed by atoms with Crippen LogP contribution in [0.5, 0.6) is 0 Å². The number of benzene rings is 1. The molecule has 1 aromatic rings. The molecule has 3 rings (SSSR count). The standard InChI is InChI=1S/C16H23N/c1-16(2,3)13-8-12-10-17-7-6-14(12)15(9-13)11-4-5-11/h8-9,11,17H,4-7,10H2,1-3H3. The molecule has 0 bridgehead atoms. The molecule has 0 saturated heterocycles. The molecule has 2 aliphatic rings. The first kappa shape index (κ1) is 11.3. The van der Waals surface area contributed by atoms with Gasteiger partial charge in [-0.3, -0.25) is 0 Å². The second-order valence-electron chi connectivity index (χ2n) is 6.65. The smallest absolute Gasteiger partial charge is 0.0208 e. The van der Waals surface area contributed by atoms with E-state index in [9.17, 15) is 0 Å². The van der Waals surface area contributed by atoms with Crippen molar-refractivity contribution in [2.24, 2.45) is 0 Å². The molecule has 0 amide bonds. The van der Waals surface area contributed by atoms with Crippen molar-refractivity contribution in [1.29, 1.82) is 0 Å². The van der Waals surface area contributed by atoms with Crippen LogP contribution >= 0.6 is 0 Å². The Balaban J connectivity index is 2.11. The summed E-state index contributed by atoms with van der Waals surface area (Å²) in [5, 5.41) is 3.51. The van der Waals surface area contributed by atoms with Crippen molar-refractivity contribution in [2.75, 3.05) is 6.54 Å². The fourth-order valence-electron chi connectivity index (χ4n) is 2.85. The van der Waals surface area contributed by atoms with Crippen molar-refractivity contribution in [3.63, 3.8) is 0 Å². The summed E-state index contributed by atoms with van der Waals surface area (Å²) in [6.45, 7) is 9.19. The van der Waals surface area contributed by atoms with Gasteiger partial charge in [-0.1, -0.05) is 32.9 Å². The second kappa shape index (κ2) is 3.84. The summed E-state index contributed by atoms with van der Waals surface area (Å²) in [6, 6.07) is 4.94. The lowest BCUT2D eigenvalue weighted by Crippen LogP contribution is -2.26. The van der Waals surface area contributed by atoms with Crippen LogP contribution in [0.3, 0.4) is 0 Å². The Hall–Kier alpha value is -0.820. The molecule has 1 aliphatic carbocycles. The minimum Gasteiger partial charge on any atom is -0.312 e. The summed E-state index contributed by atoms with van der Waals surface area (Å²) in [7, 11) is 0. The van der Waals surface area contributed by atoms with E-state index in [1.165, 1.54) is 24.8 Å². The van der Waals surface area contributed by atoms with Crippen molar-refractivity contribution in [2.45, 2.75) is 57.9 Å². The van der Waals surface area contributed by atoms with Gasteiger partial charge in [-0.15, -0.1) is 0 Å². The van der Waals surface area contributed by atoms with Crippen LogP contribution in [-0.4, -0.2) is 6.54 Å². The van der Waals surface area contributed by atoms with Crippen LogP contribution in [-0.2, 0) is 18.4 Å². The third kappa shape index (κ3) is 2.13. The topological polar surface area (TPSA) is 12.0 Å². The van der Waals surface area contributed by atoms with Gasteiger partial charge in [0.1, 0.15) is 0 Å². The van der Waals surface area contributed by atoms with Crippen LogP contribution < -0.4 is 5.32 Å².